The van der Waals surface area contributed by atoms with E-state index in [0.717, 1.165) is 53.7 Å². The number of hydrogen-bond acceptors (Lipinski definition) is 6. The first kappa shape index (κ1) is 18.2. The van der Waals surface area contributed by atoms with Crippen molar-refractivity contribution >= 4 is 28.4 Å². The Morgan fingerprint density at radius 3 is 3.00 bits per heavy atom. The SMILES string of the molecule is Nc1cc(NCCC(=O)O)c2ccc(-c3ccnn3C3CCCCO3)cc2n1. The molecule has 1 atom stereocenters. The van der Waals surface area contributed by atoms with Crippen LogP contribution in [0.3, 0.4) is 0 Å². The molecule has 3 heterocycles. The highest BCUT2D eigenvalue weighted by Crippen LogP contribution is 2.32. The van der Waals surface area contributed by atoms with Crippen molar-refractivity contribution in [2.24, 2.45) is 0 Å². The number of nitrogens with zero attached hydrogens (tertiary/aromatic N) is 3. The lowest BCUT2D eigenvalue weighted by atomic mass is 10.1. The van der Waals surface area contributed by atoms with Crippen LogP contribution in [0.4, 0.5) is 11.5 Å². The Kier molecular flexibility index (Phi) is 5.12. The molecule has 28 heavy (non-hydrogen) atoms. The van der Waals surface area contributed by atoms with E-state index < -0.39 is 5.97 Å². The van der Waals surface area contributed by atoms with Crippen LogP contribution < -0.4 is 11.1 Å². The maximum Gasteiger partial charge on any atom is 0.305 e. The summed E-state index contributed by atoms with van der Waals surface area (Å²) < 4.78 is 7.81. The van der Waals surface area contributed by atoms with Gasteiger partial charge < -0.3 is 20.9 Å². The van der Waals surface area contributed by atoms with Gasteiger partial charge in [-0.3, -0.25) is 4.79 Å². The highest BCUT2D eigenvalue weighted by molar-refractivity contribution is 5.95. The number of fused-ring (bicyclic) bond motifs is 1. The maximum atomic E-state index is 10.8. The molecule has 1 fully saturated rings. The van der Waals surface area contributed by atoms with Crippen molar-refractivity contribution in [2.75, 3.05) is 24.2 Å². The van der Waals surface area contributed by atoms with Crippen molar-refractivity contribution in [2.45, 2.75) is 31.9 Å². The summed E-state index contributed by atoms with van der Waals surface area (Å²) in [4.78, 5) is 15.2. The number of anilines is 2. The molecule has 1 aromatic carbocycles. The second-order valence-electron chi connectivity index (χ2n) is 6.88. The molecule has 1 aliphatic rings. The molecule has 4 N–H and O–H groups in total. The van der Waals surface area contributed by atoms with E-state index in [1.54, 1.807) is 12.3 Å². The second-order valence-corrected chi connectivity index (χ2v) is 6.88. The maximum absolute atomic E-state index is 10.8. The zero-order valence-electron chi connectivity index (χ0n) is 15.5. The molecular weight excluding hydrogens is 358 g/mol. The number of carbonyl (C=O) groups is 1. The van der Waals surface area contributed by atoms with Crippen LogP contribution in [0.5, 0.6) is 0 Å². The van der Waals surface area contributed by atoms with Crippen LogP contribution in [-0.4, -0.2) is 39.0 Å². The lowest BCUT2D eigenvalue weighted by molar-refractivity contribution is -0.136. The molecule has 1 unspecified atom stereocenters. The Labute approximate surface area is 162 Å². The van der Waals surface area contributed by atoms with E-state index in [2.05, 4.69) is 15.4 Å². The fourth-order valence-electron chi connectivity index (χ4n) is 3.55. The van der Waals surface area contributed by atoms with Crippen LogP contribution >= 0.6 is 0 Å². The molecule has 8 heteroatoms. The minimum atomic E-state index is -0.848. The highest BCUT2D eigenvalue weighted by atomic mass is 16.5. The number of nitrogen functional groups attached to an aromatic ring is 1. The Balaban J connectivity index is 1.67. The topological polar surface area (TPSA) is 115 Å². The predicted molar refractivity (Wildman–Crippen MR) is 107 cm³/mol. The molecule has 2 aromatic heterocycles. The molecule has 0 aliphatic carbocycles. The lowest BCUT2D eigenvalue weighted by Gasteiger charge is -2.24. The number of hydrogen-bond donors (Lipinski definition) is 3. The third kappa shape index (κ3) is 3.77. The molecule has 0 radical (unpaired) electrons. The lowest BCUT2D eigenvalue weighted by Crippen LogP contribution is -2.19. The molecule has 0 saturated carbocycles. The van der Waals surface area contributed by atoms with Gasteiger partial charge in [-0.25, -0.2) is 9.67 Å². The standard InChI is InChI=1S/C20H23N5O3/c21-18-12-15(22-8-7-20(26)27)14-5-4-13(11-16(14)24-18)17-6-9-23-25(17)19-3-1-2-10-28-19/h4-6,9,11-12,19H,1-3,7-8,10H2,(H,26,27)(H3,21,22,24). The second kappa shape index (κ2) is 7.85. The number of benzene rings is 1. The van der Waals surface area contributed by atoms with Gasteiger partial charge in [-0.15, -0.1) is 0 Å². The third-order valence-corrected chi connectivity index (χ3v) is 4.88. The van der Waals surface area contributed by atoms with Gasteiger partial charge in [0.25, 0.3) is 0 Å². The number of carboxylic acid groups (broad SMARTS) is 1. The Bertz CT molecular complexity index is 995. The van der Waals surface area contributed by atoms with Crippen molar-refractivity contribution in [3.8, 4) is 11.3 Å². The summed E-state index contributed by atoms with van der Waals surface area (Å²) in [7, 11) is 0. The van der Waals surface area contributed by atoms with Crippen molar-refractivity contribution in [3.63, 3.8) is 0 Å². The molecular formula is C20H23N5O3. The van der Waals surface area contributed by atoms with Gasteiger partial charge >= 0.3 is 5.97 Å². The van der Waals surface area contributed by atoms with E-state index in [-0.39, 0.29) is 12.6 Å². The van der Waals surface area contributed by atoms with Crippen LogP contribution in [0.1, 0.15) is 31.9 Å². The number of aliphatic carboxylic acids is 1. The average molecular weight is 381 g/mol. The van der Waals surface area contributed by atoms with Gasteiger partial charge in [0.15, 0.2) is 6.23 Å². The van der Waals surface area contributed by atoms with Crippen molar-refractivity contribution < 1.29 is 14.6 Å². The van der Waals surface area contributed by atoms with Crippen LogP contribution in [0.15, 0.2) is 36.5 Å². The molecule has 0 spiro atoms. The largest absolute Gasteiger partial charge is 0.481 e. The Morgan fingerprint density at radius 2 is 2.21 bits per heavy atom. The van der Waals surface area contributed by atoms with Gasteiger partial charge in [0.1, 0.15) is 5.82 Å². The molecule has 3 aromatic rings. The zero-order valence-corrected chi connectivity index (χ0v) is 15.5. The van der Waals surface area contributed by atoms with E-state index in [9.17, 15) is 4.79 Å². The molecule has 0 amide bonds. The number of carboxylic acids is 1. The van der Waals surface area contributed by atoms with Gasteiger partial charge in [-0.1, -0.05) is 12.1 Å². The van der Waals surface area contributed by atoms with E-state index in [1.165, 1.54) is 0 Å². The molecule has 8 nitrogen and oxygen atoms in total. The van der Waals surface area contributed by atoms with E-state index in [0.29, 0.717) is 12.4 Å². The summed E-state index contributed by atoms with van der Waals surface area (Å²) in [5, 5.41) is 17.3. The first-order chi connectivity index (χ1) is 13.6. The zero-order chi connectivity index (χ0) is 19.5. The average Bonchev–Trinajstić information content (AvgIpc) is 3.17. The fourth-order valence-corrected chi connectivity index (χ4v) is 3.55. The number of nitrogens with one attached hydrogen (secondary N) is 1. The van der Waals surface area contributed by atoms with Gasteiger partial charge in [-0.05, 0) is 31.4 Å². The number of aromatic nitrogens is 3. The van der Waals surface area contributed by atoms with Crippen molar-refractivity contribution in [3.05, 3.63) is 36.5 Å². The third-order valence-electron chi connectivity index (χ3n) is 4.88. The number of ether oxygens (including phenoxy) is 1. The van der Waals surface area contributed by atoms with Crippen LogP contribution in [0.25, 0.3) is 22.2 Å². The Hall–Kier alpha value is -3.13. The van der Waals surface area contributed by atoms with E-state index in [4.69, 9.17) is 15.6 Å². The normalized spacial score (nSPS) is 16.9. The van der Waals surface area contributed by atoms with E-state index >= 15 is 0 Å². The monoisotopic (exact) mass is 381 g/mol. The van der Waals surface area contributed by atoms with Gasteiger partial charge in [0.2, 0.25) is 0 Å². The van der Waals surface area contributed by atoms with Gasteiger partial charge in [0, 0.05) is 42.1 Å². The molecule has 1 aliphatic heterocycles. The fraction of sp³-hybridized carbons (Fsp3) is 0.350. The van der Waals surface area contributed by atoms with Gasteiger partial charge in [0.05, 0.1) is 17.6 Å². The van der Waals surface area contributed by atoms with Crippen LogP contribution in [0, 0.1) is 0 Å². The summed E-state index contributed by atoms with van der Waals surface area (Å²) in [5.74, 6) is -0.467. The number of pyridine rings is 1. The van der Waals surface area contributed by atoms with Crippen molar-refractivity contribution in [1.82, 2.24) is 14.8 Å². The number of rotatable bonds is 6. The Morgan fingerprint density at radius 1 is 1.32 bits per heavy atom. The smallest absolute Gasteiger partial charge is 0.305 e. The predicted octanol–water partition coefficient (Wildman–Crippen LogP) is 3.27. The van der Waals surface area contributed by atoms with Crippen molar-refractivity contribution in [1.29, 1.82) is 0 Å². The molecule has 1 saturated heterocycles. The molecule has 4 rings (SSSR count). The number of nitrogens with two attached hydrogens (primary N) is 1. The first-order valence-electron chi connectivity index (χ1n) is 9.43. The first-order valence-corrected chi connectivity index (χ1v) is 9.43. The van der Waals surface area contributed by atoms with Gasteiger partial charge in [-0.2, -0.15) is 5.10 Å². The highest BCUT2D eigenvalue weighted by Gasteiger charge is 2.20. The minimum Gasteiger partial charge on any atom is -0.481 e. The molecule has 146 valence electrons. The summed E-state index contributed by atoms with van der Waals surface area (Å²) in [6.45, 7) is 1.08. The van der Waals surface area contributed by atoms with Crippen LogP contribution in [0.2, 0.25) is 0 Å². The summed E-state index contributed by atoms with van der Waals surface area (Å²) >= 11 is 0. The summed E-state index contributed by atoms with van der Waals surface area (Å²) in [6, 6.07) is 9.66. The quantitative estimate of drug-likeness (QED) is 0.600. The summed E-state index contributed by atoms with van der Waals surface area (Å²) in [5.41, 5.74) is 9.44. The van der Waals surface area contributed by atoms with Crippen LogP contribution in [-0.2, 0) is 9.53 Å². The molecule has 0 bridgehead atoms. The van der Waals surface area contributed by atoms with E-state index in [1.807, 2.05) is 28.9 Å². The minimum absolute atomic E-state index is 0.0301. The summed E-state index contributed by atoms with van der Waals surface area (Å²) in [6.07, 6.45) is 4.93.